The zero-order chi connectivity index (χ0) is 8.20. The molecule has 0 aliphatic rings. The van der Waals surface area contributed by atoms with Crippen LogP contribution in [0.15, 0.2) is 0 Å². The topological polar surface area (TPSA) is 40.5 Å². The summed E-state index contributed by atoms with van der Waals surface area (Å²) >= 11 is 3.80. The zero-order valence-electron chi connectivity index (χ0n) is 6.32. The third kappa shape index (κ3) is 4.04. The van der Waals surface area contributed by atoms with Gasteiger partial charge in [-0.1, -0.05) is 26.1 Å². The summed E-state index contributed by atoms with van der Waals surface area (Å²) in [5, 5.41) is 0. The van der Waals surface area contributed by atoms with E-state index in [1.807, 2.05) is 13.8 Å². The molecule has 5 heteroatoms. The first-order valence-corrected chi connectivity index (χ1v) is 8.29. The minimum absolute atomic E-state index is 0.262. The molecule has 0 bridgehead atoms. The second kappa shape index (κ2) is 4.83. The van der Waals surface area contributed by atoms with E-state index >= 15 is 0 Å². The van der Waals surface area contributed by atoms with Crippen LogP contribution >= 0.6 is 17.9 Å². The molecule has 0 saturated heterocycles. The third-order valence-electron chi connectivity index (χ3n) is 1.12. The van der Waals surface area contributed by atoms with Gasteiger partial charge in [0.1, 0.15) is 0 Å². The summed E-state index contributed by atoms with van der Waals surface area (Å²) in [5.74, 6) is 1.72. The van der Waals surface area contributed by atoms with Crippen LogP contribution in [0.4, 0.5) is 0 Å². The Morgan fingerprint density at radius 3 is 2.00 bits per heavy atom. The molecule has 0 amide bonds. The molecule has 0 aromatic rings. The fourth-order valence-electron chi connectivity index (χ4n) is 0.676. The highest BCUT2D eigenvalue weighted by molar-refractivity contribution is 8.65. The van der Waals surface area contributed by atoms with E-state index in [2.05, 4.69) is 12.2 Å². The molecule has 0 saturated carbocycles. The Labute approximate surface area is 69.9 Å². The van der Waals surface area contributed by atoms with Gasteiger partial charge in [-0.05, 0) is 17.9 Å². The lowest BCUT2D eigenvalue weighted by molar-refractivity contribution is 0.502. The van der Waals surface area contributed by atoms with Gasteiger partial charge in [-0.15, -0.1) is 10.1 Å². The molecule has 0 radical (unpaired) electrons. The minimum Gasteiger partial charge on any atom is -0.341 e. The molecule has 0 aromatic carbocycles. The zero-order valence-corrected chi connectivity index (χ0v) is 8.92. The van der Waals surface area contributed by atoms with E-state index in [1.165, 1.54) is 0 Å². The van der Waals surface area contributed by atoms with E-state index in [0.717, 1.165) is 17.9 Å². The normalized spacial score (nSPS) is 15.3. The molecule has 1 unspecified atom stereocenters. The average molecular weight is 202 g/mol. The van der Waals surface area contributed by atoms with Crippen LogP contribution in [0.25, 0.3) is 0 Å². The van der Waals surface area contributed by atoms with Gasteiger partial charge in [0.25, 0.3) is 0 Å². The van der Waals surface area contributed by atoms with E-state index in [-0.39, 0.29) is 10.1 Å². The summed E-state index contributed by atoms with van der Waals surface area (Å²) in [6, 6.07) is 0. The first-order chi connectivity index (χ1) is 4.52. The van der Waals surface area contributed by atoms with Crippen molar-refractivity contribution < 1.29 is 9.79 Å². The molecule has 64 valence electrons. The predicted octanol–water partition coefficient (Wildman–Crippen LogP) is 1.63. The highest BCUT2D eigenvalue weighted by Gasteiger charge is 2.07. The summed E-state index contributed by atoms with van der Waals surface area (Å²) in [5.41, 5.74) is -2.82. The Morgan fingerprint density at radius 2 is 1.90 bits per heavy atom. The Morgan fingerprint density at radius 1 is 1.40 bits per heavy atom. The quantitative estimate of drug-likeness (QED) is 0.481. The van der Waals surface area contributed by atoms with Crippen LogP contribution in [-0.2, 0) is 10.1 Å². The van der Waals surface area contributed by atoms with Crippen molar-refractivity contribution in [1.29, 1.82) is 0 Å². The maximum absolute atomic E-state index is 9.15. The van der Waals surface area contributed by atoms with Crippen LogP contribution in [0.5, 0.6) is 0 Å². The molecule has 0 rings (SSSR count). The predicted molar refractivity (Wildman–Crippen MR) is 53.4 cm³/mol. The molecule has 2 nitrogen and oxygen atoms in total. The monoisotopic (exact) mass is 202 g/mol. The third-order valence-corrected chi connectivity index (χ3v) is 8.84. The number of hydrogen-bond donors (Lipinski definition) is 3. The van der Waals surface area contributed by atoms with E-state index in [4.69, 9.17) is 9.79 Å². The van der Waals surface area contributed by atoms with Gasteiger partial charge < -0.3 is 9.79 Å². The average Bonchev–Trinajstić information content (AvgIpc) is 1.80. The fourth-order valence-corrected chi connectivity index (χ4v) is 6.12. The Balaban J connectivity index is 4.32. The van der Waals surface area contributed by atoms with Crippen molar-refractivity contribution in [3.8, 4) is 0 Å². The van der Waals surface area contributed by atoms with Crippen molar-refractivity contribution >= 4 is 28.0 Å². The second-order valence-electron chi connectivity index (χ2n) is 1.97. The first-order valence-electron chi connectivity index (χ1n) is 3.27. The first kappa shape index (κ1) is 11.1. The highest BCUT2D eigenvalue weighted by atomic mass is 32.9. The van der Waals surface area contributed by atoms with Crippen molar-refractivity contribution in [2.45, 2.75) is 20.3 Å². The van der Waals surface area contributed by atoms with Crippen LogP contribution in [-0.4, -0.2) is 21.3 Å². The molecular formula is C5H15O2PS2. The SMILES string of the molecule is CCCS(CC)=P(O)(O)S. The molecule has 0 fully saturated rings. The number of hydrogen-bond acceptors (Lipinski definition) is 0. The maximum Gasteiger partial charge on any atom is 0.198 e. The van der Waals surface area contributed by atoms with Gasteiger partial charge in [0.15, 0.2) is 5.69 Å². The molecule has 0 aromatic heterocycles. The summed E-state index contributed by atoms with van der Waals surface area (Å²) in [4.78, 5) is 18.3. The molecule has 1 atom stereocenters. The molecule has 2 N–H and O–H groups in total. The lowest BCUT2D eigenvalue weighted by Gasteiger charge is -2.12. The van der Waals surface area contributed by atoms with Gasteiger partial charge in [-0.2, -0.15) is 0 Å². The Kier molecular flexibility index (Phi) is 5.34. The second-order valence-corrected chi connectivity index (χ2v) is 10.5. The lowest BCUT2D eigenvalue weighted by Crippen LogP contribution is -1.99. The van der Waals surface area contributed by atoms with Crippen LogP contribution in [0, 0.1) is 0 Å². The number of thiol groups is 1. The molecule has 0 spiro atoms. The van der Waals surface area contributed by atoms with E-state index in [9.17, 15) is 0 Å². The van der Waals surface area contributed by atoms with Gasteiger partial charge in [0.05, 0.1) is 0 Å². The van der Waals surface area contributed by atoms with Crippen LogP contribution in [0.2, 0.25) is 0 Å². The van der Waals surface area contributed by atoms with Gasteiger partial charge >= 0.3 is 0 Å². The van der Waals surface area contributed by atoms with E-state index < -0.39 is 5.69 Å². The van der Waals surface area contributed by atoms with Crippen molar-refractivity contribution in [1.82, 2.24) is 0 Å². The Bertz CT molecular complexity index is 143. The van der Waals surface area contributed by atoms with Crippen LogP contribution < -0.4 is 0 Å². The van der Waals surface area contributed by atoms with Gasteiger partial charge in [-0.25, -0.2) is 0 Å². The van der Waals surface area contributed by atoms with E-state index in [0.29, 0.717) is 0 Å². The standard InChI is InChI=1S/C5H15O2PS2/c1-3-5-10(4-2)8(6,7)9/h6-7,9H,3-5H2,1-2H3. The largest absolute Gasteiger partial charge is 0.341 e. The van der Waals surface area contributed by atoms with Crippen LogP contribution in [0.1, 0.15) is 20.3 Å². The fraction of sp³-hybridized carbons (Fsp3) is 1.00. The van der Waals surface area contributed by atoms with Crippen molar-refractivity contribution in [2.75, 3.05) is 11.5 Å². The highest BCUT2D eigenvalue weighted by Crippen LogP contribution is 2.47. The van der Waals surface area contributed by atoms with Gasteiger partial charge in [-0.3, -0.25) is 0 Å². The maximum atomic E-state index is 9.15. The lowest BCUT2D eigenvalue weighted by atomic mass is 10.6. The van der Waals surface area contributed by atoms with Crippen LogP contribution in [0.3, 0.4) is 0 Å². The number of rotatable bonds is 3. The molecule has 10 heavy (non-hydrogen) atoms. The summed E-state index contributed by atoms with van der Waals surface area (Å²) in [6.07, 6.45) is 1.00. The molecule has 0 aliphatic heterocycles. The van der Waals surface area contributed by atoms with E-state index in [1.54, 1.807) is 0 Å². The van der Waals surface area contributed by atoms with Crippen molar-refractivity contribution in [3.63, 3.8) is 0 Å². The molecular weight excluding hydrogens is 187 g/mol. The summed E-state index contributed by atoms with van der Waals surface area (Å²) in [6.45, 7) is 4.01. The molecule has 0 aliphatic carbocycles. The minimum atomic E-state index is -2.82. The van der Waals surface area contributed by atoms with Crippen molar-refractivity contribution in [3.05, 3.63) is 0 Å². The molecule has 0 heterocycles. The Hall–Kier alpha value is 1.05. The van der Waals surface area contributed by atoms with Gasteiger partial charge in [0, 0.05) is 0 Å². The summed E-state index contributed by atoms with van der Waals surface area (Å²) in [7, 11) is -0.262. The van der Waals surface area contributed by atoms with Crippen molar-refractivity contribution in [2.24, 2.45) is 0 Å². The summed E-state index contributed by atoms with van der Waals surface area (Å²) < 4.78 is 0. The van der Waals surface area contributed by atoms with Gasteiger partial charge in [0.2, 0.25) is 0 Å². The smallest absolute Gasteiger partial charge is 0.198 e.